The highest BCUT2D eigenvalue weighted by Gasteiger charge is 2.53. The van der Waals surface area contributed by atoms with Crippen molar-refractivity contribution in [3.05, 3.63) is 88.6 Å². The molecule has 2 fully saturated rings. The molecule has 13 heteroatoms. The van der Waals surface area contributed by atoms with Gasteiger partial charge in [-0.3, -0.25) is 19.9 Å². The van der Waals surface area contributed by atoms with E-state index in [1.807, 2.05) is 24.3 Å². The molecule has 3 aliphatic rings. The number of hydrazine groups is 1. The van der Waals surface area contributed by atoms with Crippen molar-refractivity contribution in [3.63, 3.8) is 0 Å². The van der Waals surface area contributed by atoms with Crippen molar-refractivity contribution in [1.29, 1.82) is 5.26 Å². The topological polar surface area (TPSA) is 114 Å². The molecule has 2 aromatic carbocycles. The van der Waals surface area contributed by atoms with E-state index < -0.39 is 24.0 Å². The Balaban J connectivity index is 1.04. The van der Waals surface area contributed by atoms with Gasteiger partial charge >= 0.3 is 6.18 Å². The first-order chi connectivity index (χ1) is 21.2. The van der Waals surface area contributed by atoms with Crippen LogP contribution >= 0.6 is 0 Å². The molecule has 0 bridgehead atoms. The van der Waals surface area contributed by atoms with Gasteiger partial charge in [0.1, 0.15) is 24.2 Å². The summed E-state index contributed by atoms with van der Waals surface area (Å²) in [6.07, 6.45) is -3.11. The minimum absolute atomic E-state index is 0.00910. The first-order valence-corrected chi connectivity index (χ1v) is 14.3. The van der Waals surface area contributed by atoms with Crippen LogP contribution in [0.15, 0.2) is 60.8 Å². The lowest BCUT2D eigenvalue weighted by atomic mass is 9.95. The SMILES string of the molecule is N#Cc1ccc(N2CCN(C(=O)c3ccc(OCc4cccc5c4CN(C4CNNC(=O)C4C(F)(F)F)C5)cc3)CC2)nc1. The van der Waals surface area contributed by atoms with Gasteiger partial charge in [0.2, 0.25) is 5.91 Å². The predicted octanol–water partition coefficient (Wildman–Crippen LogP) is 2.99. The number of alkyl halides is 3. The first kappa shape index (κ1) is 29.4. The van der Waals surface area contributed by atoms with E-state index in [1.165, 1.54) is 0 Å². The summed E-state index contributed by atoms with van der Waals surface area (Å²) in [7, 11) is 0. The Morgan fingerprint density at radius 2 is 1.82 bits per heavy atom. The predicted molar refractivity (Wildman–Crippen MR) is 153 cm³/mol. The third kappa shape index (κ3) is 6.04. The summed E-state index contributed by atoms with van der Waals surface area (Å²) in [4.78, 5) is 35.1. The molecule has 4 heterocycles. The fourth-order valence-electron chi connectivity index (χ4n) is 6.02. The summed E-state index contributed by atoms with van der Waals surface area (Å²) in [5.74, 6) is -1.91. The fourth-order valence-corrected chi connectivity index (χ4v) is 6.02. The van der Waals surface area contributed by atoms with Crippen molar-refractivity contribution in [2.24, 2.45) is 5.92 Å². The van der Waals surface area contributed by atoms with Gasteiger partial charge in [-0.05, 0) is 53.1 Å². The highest BCUT2D eigenvalue weighted by atomic mass is 19.4. The summed E-state index contributed by atoms with van der Waals surface area (Å²) < 4.78 is 47.2. The van der Waals surface area contributed by atoms with E-state index in [1.54, 1.807) is 46.3 Å². The lowest BCUT2D eigenvalue weighted by Gasteiger charge is -2.38. The maximum absolute atomic E-state index is 13.7. The summed E-state index contributed by atoms with van der Waals surface area (Å²) in [5, 5.41) is 8.96. The minimum atomic E-state index is -4.65. The van der Waals surface area contributed by atoms with Crippen LogP contribution in [-0.2, 0) is 24.5 Å². The van der Waals surface area contributed by atoms with Crippen molar-refractivity contribution >= 4 is 17.6 Å². The number of benzene rings is 2. The molecule has 3 aliphatic heterocycles. The number of rotatable bonds is 6. The van der Waals surface area contributed by atoms with Crippen molar-refractivity contribution in [3.8, 4) is 11.8 Å². The van der Waals surface area contributed by atoms with Crippen LogP contribution in [0.1, 0.15) is 32.6 Å². The van der Waals surface area contributed by atoms with Gasteiger partial charge in [-0.25, -0.2) is 10.4 Å². The number of halogens is 3. The normalized spacial score (nSPS) is 20.5. The Morgan fingerprint density at radius 3 is 2.50 bits per heavy atom. The molecule has 3 aromatic rings. The van der Waals surface area contributed by atoms with Crippen LogP contribution in [0.2, 0.25) is 0 Å². The molecule has 6 rings (SSSR count). The highest BCUT2D eigenvalue weighted by Crippen LogP contribution is 2.37. The van der Waals surface area contributed by atoms with Gasteiger partial charge in [0.25, 0.3) is 5.91 Å². The molecular weight excluding hydrogens is 575 g/mol. The molecule has 0 spiro atoms. The van der Waals surface area contributed by atoms with Crippen LogP contribution in [0.4, 0.5) is 19.0 Å². The van der Waals surface area contributed by atoms with Gasteiger partial charge in [0.15, 0.2) is 5.92 Å². The number of pyridine rings is 1. The third-order valence-corrected chi connectivity index (χ3v) is 8.38. The minimum Gasteiger partial charge on any atom is -0.489 e. The number of carbonyl (C=O) groups excluding carboxylic acids is 2. The molecule has 2 saturated heterocycles. The number of amides is 2. The molecule has 44 heavy (non-hydrogen) atoms. The van der Waals surface area contributed by atoms with E-state index in [-0.39, 0.29) is 25.6 Å². The average molecular weight is 606 g/mol. The molecule has 2 N–H and O–H groups in total. The second kappa shape index (κ2) is 12.1. The van der Waals surface area contributed by atoms with E-state index in [4.69, 9.17) is 10.00 Å². The fraction of sp³-hybridized carbons (Fsp3) is 0.355. The van der Waals surface area contributed by atoms with Gasteiger partial charge < -0.3 is 14.5 Å². The Kier molecular flexibility index (Phi) is 8.11. The number of fused-ring (bicyclic) bond motifs is 1. The van der Waals surface area contributed by atoms with Crippen molar-refractivity contribution in [1.82, 2.24) is 25.6 Å². The average Bonchev–Trinajstić information content (AvgIpc) is 3.48. The molecule has 0 radical (unpaired) electrons. The molecule has 0 aliphatic carbocycles. The number of piperazine rings is 1. The maximum Gasteiger partial charge on any atom is 0.402 e. The first-order valence-electron chi connectivity index (χ1n) is 14.3. The zero-order valence-electron chi connectivity index (χ0n) is 23.7. The number of anilines is 1. The number of aromatic nitrogens is 1. The van der Waals surface area contributed by atoms with Gasteiger partial charge in [-0.15, -0.1) is 0 Å². The largest absolute Gasteiger partial charge is 0.489 e. The number of nitrogens with zero attached hydrogens (tertiary/aromatic N) is 5. The number of ether oxygens (including phenoxy) is 1. The van der Waals surface area contributed by atoms with Crippen LogP contribution in [0, 0.1) is 17.2 Å². The lowest BCUT2D eigenvalue weighted by molar-refractivity contribution is -0.201. The van der Waals surface area contributed by atoms with Crippen LogP contribution in [0.5, 0.6) is 5.75 Å². The quantitative estimate of drug-likeness (QED) is 0.441. The number of hydrogen-bond acceptors (Lipinski definition) is 8. The summed E-state index contributed by atoms with van der Waals surface area (Å²) in [5.41, 5.74) is 8.42. The van der Waals surface area contributed by atoms with E-state index in [0.717, 1.165) is 22.5 Å². The molecule has 2 amide bonds. The summed E-state index contributed by atoms with van der Waals surface area (Å²) in [6, 6.07) is 17.1. The Labute approximate surface area is 252 Å². The van der Waals surface area contributed by atoms with Crippen molar-refractivity contribution in [2.75, 3.05) is 37.6 Å². The van der Waals surface area contributed by atoms with Gasteiger partial charge in [-0.1, -0.05) is 18.2 Å². The van der Waals surface area contributed by atoms with E-state index in [9.17, 15) is 22.8 Å². The summed E-state index contributed by atoms with van der Waals surface area (Å²) >= 11 is 0. The lowest BCUT2D eigenvalue weighted by Crippen LogP contribution is -2.63. The molecule has 1 aromatic heterocycles. The third-order valence-electron chi connectivity index (χ3n) is 8.38. The molecule has 2 unspecified atom stereocenters. The zero-order chi connectivity index (χ0) is 30.8. The smallest absolute Gasteiger partial charge is 0.402 e. The second-order valence-corrected chi connectivity index (χ2v) is 11.0. The highest BCUT2D eigenvalue weighted by molar-refractivity contribution is 5.94. The maximum atomic E-state index is 13.7. The monoisotopic (exact) mass is 605 g/mol. The van der Waals surface area contributed by atoms with Gasteiger partial charge in [0.05, 0.1) is 5.56 Å². The molecule has 228 valence electrons. The van der Waals surface area contributed by atoms with Crippen LogP contribution in [0.3, 0.4) is 0 Å². The molecule has 10 nitrogen and oxygen atoms in total. The van der Waals surface area contributed by atoms with E-state index in [0.29, 0.717) is 49.6 Å². The van der Waals surface area contributed by atoms with Crippen LogP contribution < -0.4 is 20.5 Å². The zero-order valence-corrected chi connectivity index (χ0v) is 23.7. The van der Waals surface area contributed by atoms with Gasteiger partial charge in [-0.2, -0.15) is 18.4 Å². The molecular formula is C31H30F3N7O3. The summed E-state index contributed by atoms with van der Waals surface area (Å²) in [6.45, 7) is 3.14. The van der Waals surface area contributed by atoms with Crippen LogP contribution in [0.25, 0.3) is 0 Å². The Hall–Kier alpha value is -4.67. The van der Waals surface area contributed by atoms with Crippen molar-refractivity contribution in [2.45, 2.75) is 31.9 Å². The molecule has 2 atom stereocenters. The number of nitrogens with one attached hydrogen (secondary N) is 2. The second-order valence-electron chi connectivity index (χ2n) is 11.0. The Bertz CT molecular complexity index is 1570. The van der Waals surface area contributed by atoms with E-state index >= 15 is 0 Å². The van der Waals surface area contributed by atoms with Crippen LogP contribution in [-0.4, -0.2) is 71.5 Å². The standard InChI is InChI=1S/C31H30F3N7O3/c32-31(33,34)28-26(16-37-38-29(28)42)41-17-22-2-1-3-23(25(22)18-41)19-44-24-7-5-21(6-8-24)30(43)40-12-10-39(11-13-40)27-9-4-20(14-35)15-36-27/h1-9,15,26,28,37H,10-13,16-19H2,(H,38,42). The van der Waals surface area contributed by atoms with E-state index in [2.05, 4.69) is 26.8 Å². The number of nitriles is 1. The number of hydrogen-bond donors (Lipinski definition) is 2. The number of carbonyl (C=O) groups is 2. The Morgan fingerprint density at radius 1 is 1.05 bits per heavy atom. The molecule has 0 saturated carbocycles. The van der Waals surface area contributed by atoms with Gasteiger partial charge in [0, 0.05) is 63.6 Å². The van der Waals surface area contributed by atoms with Crippen molar-refractivity contribution < 1.29 is 27.5 Å².